The van der Waals surface area contributed by atoms with Gasteiger partial charge >= 0.3 is 0 Å². The minimum absolute atomic E-state index is 0.296. The molecule has 0 heterocycles. The Labute approximate surface area is 75.0 Å². The van der Waals surface area contributed by atoms with Crippen molar-refractivity contribution in [2.24, 2.45) is 5.10 Å². The fourth-order valence-corrected chi connectivity index (χ4v) is 0.731. The van der Waals surface area contributed by atoms with Crippen LogP contribution < -0.4 is 10.9 Å². The third-order valence-electron chi connectivity index (χ3n) is 1.34. The van der Waals surface area contributed by atoms with Gasteiger partial charge in [-0.3, -0.25) is 16.1 Å². The van der Waals surface area contributed by atoms with E-state index in [1.165, 1.54) is 12.1 Å². The summed E-state index contributed by atoms with van der Waals surface area (Å²) < 4.78 is 12.6. The van der Waals surface area contributed by atoms with Crippen molar-refractivity contribution in [3.05, 3.63) is 30.1 Å². The second-order valence-corrected chi connectivity index (χ2v) is 2.43. The Morgan fingerprint density at radius 1 is 1.54 bits per heavy atom. The minimum atomic E-state index is -0.338. The van der Waals surface area contributed by atoms with Gasteiger partial charge in [0.05, 0.1) is 5.69 Å². The lowest BCUT2D eigenvalue weighted by Gasteiger charge is -2.01. The summed E-state index contributed by atoms with van der Waals surface area (Å²) >= 11 is 0. The van der Waals surface area contributed by atoms with Gasteiger partial charge in [-0.2, -0.15) is 5.10 Å². The smallest absolute Gasteiger partial charge is 0.142 e. The van der Waals surface area contributed by atoms with Gasteiger partial charge in [0.15, 0.2) is 0 Å². The first kappa shape index (κ1) is 9.47. The molecule has 0 fully saturated rings. The third kappa shape index (κ3) is 3.08. The normalized spacial score (nSPS) is 11.2. The van der Waals surface area contributed by atoms with Crippen molar-refractivity contribution in [3.63, 3.8) is 0 Å². The number of benzene rings is 1. The Morgan fingerprint density at radius 3 is 2.92 bits per heavy atom. The highest BCUT2D eigenvalue weighted by Gasteiger charge is 1.92. The fourth-order valence-electron chi connectivity index (χ4n) is 0.731. The Balaban J connectivity index is 2.64. The average molecular weight is 183 g/mol. The third-order valence-corrected chi connectivity index (χ3v) is 1.34. The molecule has 70 valence electrons. The van der Waals surface area contributed by atoms with Gasteiger partial charge < -0.3 is 0 Å². The maximum absolute atomic E-state index is 12.6. The topological polar surface area (TPSA) is 56.7 Å². The first-order valence-corrected chi connectivity index (χ1v) is 3.68. The maximum atomic E-state index is 12.6. The predicted octanol–water partition coefficient (Wildman–Crippen LogP) is 1.55. The zero-order chi connectivity index (χ0) is 9.68. The van der Waals surface area contributed by atoms with Crippen LogP contribution in [0.15, 0.2) is 29.4 Å². The largest absolute Gasteiger partial charge is 0.290 e. The molecule has 0 amide bonds. The Bertz CT molecular complexity index is 314. The van der Waals surface area contributed by atoms with Gasteiger partial charge in [0.2, 0.25) is 0 Å². The van der Waals surface area contributed by atoms with E-state index in [4.69, 9.17) is 5.21 Å². The molecule has 0 saturated heterocycles. The van der Waals surface area contributed by atoms with Gasteiger partial charge in [-0.15, -0.1) is 0 Å². The van der Waals surface area contributed by atoms with E-state index in [1.54, 1.807) is 19.1 Å². The molecule has 1 aromatic rings. The van der Waals surface area contributed by atoms with Gasteiger partial charge in [0.25, 0.3) is 0 Å². The molecule has 0 spiro atoms. The number of hydrazone groups is 1. The maximum Gasteiger partial charge on any atom is 0.142 e. The molecule has 1 aromatic carbocycles. The van der Waals surface area contributed by atoms with Gasteiger partial charge in [-0.25, -0.2) is 4.39 Å². The Kier molecular flexibility index (Phi) is 3.22. The van der Waals surface area contributed by atoms with Crippen molar-refractivity contribution >= 4 is 11.5 Å². The average Bonchev–Trinajstić information content (AvgIpc) is 2.14. The number of anilines is 1. The molecular formula is C8H10FN3O. The lowest BCUT2D eigenvalue weighted by molar-refractivity contribution is 0.233. The van der Waals surface area contributed by atoms with Gasteiger partial charge in [-0.1, -0.05) is 6.07 Å². The summed E-state index contributed by atoms with van der Waals surface area (Å²) in [4.78, 5) is 0. The Hall–Kier alpha value is -1.62. The van der Waals surface area contributed by atoms with Gasteiger partial charge in [-0.05, 0) is 25.1 Å². The van der Waals surface area contributed by atoms with E-state index in [1.807, 2.05) is 5.48 Å². The lowest BCUT2D eigenvalue weighted by atomic mass is 10.3. The second kappa shape index (κ2) is 4.42. The summed E-state index contributed by atoms with van der Waals surface area (Å²) in [5.41, 5.74) is 4.93. The van der Waals surface area contributed by atoms with Crippen molar-refractivity contribution in [3.8, 4) is 0 Å². The molecule has 13 heavy (non-hydrogen) atoms. The Morgan fingerprint density at radius 2 is 2.31 bits per heavy atom. The minimum Gasteiger partial charge on any atom is -0.290 e. The first-order valence-electron chi connectivity index (χ1n) is 3.68. The molecule has 4 nitrogen and oxygen atoms in total. The van der Waals surface area contributed by atoms with Crippen molar-refractivity contribution < 1.29 is 9.60 Å². The van der Waals surface area contributed by atoms with Crippen LogP contribution in [0.25, 0.3) is 0 Å². The highest BCUT2D eigenvalue weighted by Crippen LogP contribution is 2.08. The summed E-state index contributed by atoms with van der Waals surface area (Å²) in [6.45, 7) is 1.56. The van der Waals surface area contributed by atoms with E-state index in [0.29, 0.717) is 11.5 Å². The van der Waals surface area contributed by atoms with Crippen LogP contribution in [0.2, 0.25) is 0 Å². The predicted molar refractivity (Wildman–Crippen MR) is 48.1 cm³/mol. The van der Waals surface area contributed by atoms with Crippen LogP contribution in [0.5, 0.6) is 0 Å². The second-order valence-electron chi connectivity index (χ2n) is 2.43. The highest BCUT2D eigenvalue weighted by atomic mass is 19.1. The quantitative estimate of drug-likeness (QED) is 0.370. The number of rotatable bonds is 2. The van der Waals surface area contributed by atoms with Gasteiger partial charge in [0.1, 0.15) is 11.7 Å². The van der Waals surface area contributed by atoms with E-state index in [0.717, 1.165) is 0 Å². The van der Waals surface area contributed by atoms with Crippen molar-refractivity contribution in [2.75, 3.05) is 5.43 Å². The summed E-state index contributed by atoms with van der Waals surface area (Å²) in [6.07, 6.45) is 0. The molecule has 0 atom stereocenters. The molecule has 0 saturated carbocycles. The van der Waals surface area contributed by atoms with Crippen molar-refractivity contribution in [2.45, 2.75) is 6.92 Å². The van der Waals surface area contributed by atoms with Gasteiger partial charge in [0, 0.05) is 0 Å². The summed E-state index contributed by atoms with van der Waals surface area (Å²) in [6, 6.07) is 5.87. The monoisotopic (exact) mass is 183 g/mol. The number of hydrogen-bond acceptors (Lipinski definition) is 3. The van der Waals surface area contributed by atoms with Crippen molar-refractivity contribution in [1.82, 2.24) is 5.48 Å². The van der Waals surface area contributed by atoms with Crippen LogP contribution in [0, 0.1) is 5.82 Å². The molecule has 0 aliphatic carbocycles. The number of hydroxylamine groups is 1. The van der Waals surface area contributed by atoms with Crippen LogP contribution in [-0.4, -0.2) is 11.0 Å². The first-order chi connectivity index (χ1) is 6.22. The number of hydrogen-bond donors (Lipinski definition) is 3. The van der Waals surface area contributed by atoms with Crippen LogP contribution >= 0.6 is 0 Å². The molecular weight excluding hydrogens is 173 g/mol. The van der Waals surface area contributed by atoms with Crippen LogP contribution in [0.4, 0.5) is 10.1 Å². The SMILES string of the molecule is C/C(=N\Nc1cccc(F)c1)NO. The summed E-state index contributed by atoms with van der Waals surface area (Å²) in [7, 11) is 0. The number of halogens is 1. The van der Waals surface area contributed by atoms with E-state index in [2.05, 4.69) is 10.5 Å². The summed E-state index contributed by atoms with van der Waals surface area (Å²) in [5, 5.41) is 12.1. The molecule has 3 N–H and O–H groups in total. The van der Waals surface area contributed by atoms with E-state index < -0.39 is 0 Å². The molecule has 0 aromatic heterocycles. The fraction of sp³-hybridized carbons (Fsp3) is 0.125. The molecule has 0 unspecified atom stereocenters. The van der Waals surface area contributed by atoms with E-state index in [9.17, 15) is 4.39 Å². The standard InChI is InChI=1S/C8H10FN3O/c1-6(12-13)10-11-8-4-2-3-7(9)5-8/h2-5,11,13H,1H3,(H,10,12). The number of amidine groups is 1. The van der Waals surface area contributed by atoms with Crippen LogP contribution in [0.1, 0.15) is 6.92 Å². The van der Waals surface area contributed by atoms with Crippen molar-refractivity contribution in [1.29, 1.82) is 0 Å². The zero-order valence-electron chi connectivity index (χ0n) is 7.08. The zero-order valence-corrected chi connectivity index (χ0v) is 7.08. The molecule has 1 rings (SSSR count). The lowest BCUT2D eigenvalue weighted by Crippen LogP contribution is -2.16. The highest BCUT2D eigenvalue weighted by molar-refractivity contribution is 5.78. The molecule has 0 bridgehead atoms. The number of nitrogens with one attached hydrogen (secondary N) is 2. The van der Waals surface area contributed by atoms with Crippen LogP contribution in [0.3, 0.4) is 0 Å². The molecule has 5 heteroatoms. The van der Waals surface area contributed by atoms with E-state index >= 15 is 0 Å². The summed E-state index contributed by atoms with van der Waals surface area (Å²) in [5.74, 6) is -0.0425. The molecule has 0 aliphatic heterocycles. The van der Waals surface area contributed by atoms with Crippen LogP contribution in [-0.2, 0) is 0 Å². The molecule has 0 radical (unpaired) electrons. The number of nitrogens with zero attached hydrogens (tertiary/aromatic N) is 1. The molecule has 0 aliphatic rings. The van der Waals surface area contributed by atoms with E-state index in [-0.39, 0.29) is 5.82 Å².